The Kier molecular flexibility index (Phi) is 6.74. The van der Waals surface area contributed by atoms with Crippen molar-refractivity contribution in [1.29, 1.82) is 0 Å². The molecule has 10 heteroatoms. The van der Waals surface area contributed by atoms with Crippen LogP contribution in [0.3, 0.4) is 0 Å². The average Bonchev–Trinajstić information content (AvgIpc) is 3.28. The number of carbonyl (C=O) groups is 1. The number of nitrogens with zero attached hydrogens (tertiary/aromatic N) is 5. The summed E-state index contributed by atoms with van der Waals surface area (Å²) in [6.07, 6.45) is 1.47. The van der Waals surface area contributed by atoms with Gasteiger partial charge in [-0.3, -0.25) is 4.79 Å². The van der Waals surface area contributed by atoms with E-state index in [0.29, 0.717) is 16.9 Å². The summed E-state index contributed by atoms with van der Waals surface area (Å²) in [7, 11) is 0. The van der Waals surface area contributed by atoms with Crippen LogP contribution in [0.5, 0.6) is 5.75 Å². The smallest absolute Gasteiger partial charge is 0.263 e. The highest BCUT2D eigenvalue weighted by atomic mass is 19.1. The molecular formula is C23H18F2N6O2. The molecule has 0 aliphatic carbocycles. The maximum atomic E-state index is 13.6. The second-order valence-corrected chi connectivity index (χ2v) is 6.89. The summed E-state index contributed by atoms with van der Waals surface area (Å²) >= 11 is 0. The van der Waals surface area contributed by atoms with E-state index in [2.05, 4.69) is 25.9 Å². The number of hydrazone groups is 1. The number of hydrogen-bond acceptors (Lipinski definition) is 6. The minimum absolute atomic E-state index is 0.120. The molecule has 0 saturated carbocycles. The second-order valence-electron chi connectivity index (χ2n) is 6.89. The third-order valence-corrected chi connectivity index (χ3v) is 4.48. The lowest BCUT2D eigenvalue weighted by Gasteiger charge is -2.07. The third-order valence-electron chi connectivity index (χ3n) is 4.48. The zero-order valence-electron chi connectivity index (χ0n) is 17.2. The van der Waals surface area contributed by atoms with E-state index < -0.39 is 5.91 Å². The SMILES string of the molecule is O=C(Cn1nnc(-c2ccc(F)cc2)n1)NN=Cc1ccc(OCc2ccccc2F)cc1. The standard InChI is InChI=1S/C23H18F2N6O2/c24-19-9-7-17(8-10-19)23-28-30-31(29-23)14-22(32)27-26-13-16-5-11-20(12-6-16)33-15-18-3-1-2-4-21(18)25/h1-13H,14-15H2,(H,27,32). The molecule has 1 aromatic heterocycles. The van der Waals surface area contributed by atoms with Crippen molar-refractivity contribution in [2.45, 2.75) is 13.2 Å². The normalized spacial score (nSPS) is 11.0. The van der Waals surface area contributed by atoms with Gasteiger partial charge in [0.1, 0.15) is 30.5 Å². The predicted octanol–water partition coefficient (Wildman–Crippen LogP) is 3.35. The monoisotopic (exact) mass is 448 g/mol. The number of amides is 1. The fourth-order valence-corrected chi connectivity index (χ4v) is 2.79. The number of ether oxygens (including phenoxy) is 1. The van der Waals surface area contributed by atoms with Crippen molar-refractivity contribution in [3.05, 3.63) is 95.6 Å². The summed E-state index contributed by atoms with van der Waals surface area (Å²) in [6, 6.07) is 19.0. The predicted molar refractivity (Wildman–Crippen MR) is 116 cm³/mol. The first-order valence-corrected chi connectivity index (χ1v) is 9.89. The molecule has 0 saturated heterocycles. The lowest BCUT2D eigenvalue weighted by molar-refractivity contribution is -0.122. The minimum Gasteiger partial charge on any atom is -0.489 e. The van der Waals surface area contributed by atoms with Crippen molar-refractivity contribution in [1.82, 2.24) is 25.6 Å². The van der Waals surface area contributed by atoms with E-state index in [4.69, 9.17) is 4.74 Å². The van der Waals surface area contributed by atoms with E-state index in [9.17, 15) is 13.6 Å². The van der Waals surface area contributed by atoms with Crippen molar-refractivity contribution < 1.29 is 18.3 Å². The highest BCUT2D eigenvalue weighted by Gasteiger charge is 2.09. The number of benzene rings is 3. The number of aromatic nitrogens is 4. The molecule has 166 valence electrons. The van der Waals surface area contributed by atoms with Crippen LogP contribution >= 0.6 is 0 Å². The molecule has 1 N–H and O–H groups in total. The lowest BCUT2D eigenvalue weighted by atomic mass is 10.2. The van der Waals surface area contributed by atoms with Gasteiger partial charge in [0, 0.05) is 11.1 Å². The largest absolute Gasteiger partial charge is 0.489 e. The number of rotatable bonds is 8. The van der Waals surface area contributed by atoms with Crippen LogP contribution in [-0.2, 0) is 17.9 Å². The van der Waals surface area contributed by atoms with Crippen LogP contribution in [0.2, 0.25) is 0 Å². The fraction of sp³-hybridized carbons (Fsp3) is 0.0870. The van der Waals surface area contributed by atoms with Gasteiger partial charge in [0.25, 0.3) is 5.91 Å². The highest BCUT2D eigenvalue weighted by molar-refractivity contribution is 5.82. The average molecular weight is 448 g/mol. The molecule has 0 atom stereocenters. The van der Waals surface area contributed by atoms with Gasteiger partial charge in [-0.15, -0.1) is 10.2 Å². The maximum absolute atomic E-state index is 13.6. The molecule has 4 rings (SSSR count). The van der Waals surface area contributed by atoms with E-state index in [-0.39, 0.29) is 30.6 Å². The Hall–Kier alpha value is -4.47. The quantitative estimate of drug-likeness (QED) is 0.330. The molecular weight excluding hydrogens is 430 g/mol. The van der Waals surface area contributed by atoms with Gasteiger partial charge in [0.15, 0.2) is 0 Å². The molecule has 0 unspecified atom stereocenters. The number of halogens is 2. The molecule has 1 heterocycles. The van der Waals surface area contributed by atoms with Gasteiger partial charge in [-0.2, -0.15) is 9.90 Å². The van der Waals surface area contributed by atoms with Gasteiger partial charge in [-0.25, -0.2) is 14.2 Å². The van der Waals surface area contributed by atoms with E-state index in [0.717, 1.165) is 10.4 Å². The van der Waals surface area contributed by atoms with E-state index in [1.54, 1.807) is 42.5 Å². The van der Waals surface area contributed by atoms with Crippen molar-refractivity contribution in [3.63, 3.8) is 0 Å². The number of nitrogens with one attached hydrogen (secondary N) is 1. The summed E-state index contributed by atoms with van der Waals surface area (Å²) < 4.78 is 32.2. The van der Waals surface area contributed by atoms with Crippen LogP contribution < -0.4 is 10.2 Å². The Morgan fingerprint density at radius 2 is 1.79 bits per heavy atom. The first kappa shape index (κ1) is 21.8. The van der Waals surface area contributed by atoms with Gasteiger partial charge >= 0.3 is 0 Å². The van der Waals surface area contributed by atoms with Crippen LogP contribution in [-0.4, -0.2) is 32.3 Å². The van der Waals surface area contributed by atoms with Gasteiger partial charge in [-0.1, -0.05) is 18.2 Å². The van der Waals surface area contributed by atoms with Crippen molar-refractivity contribution in [2.75, 3.05) is 0 Å². The molecule has 0 aliphatic rings. The highest BCUT2D eigenvalue weighted by Crippen LogP contribution is 2.15. The topological polar surface area (TPSA) is 94.3 Å². The summed E-state index contributed by atoms with van der Waals surface area (Å²) in [4.78, 5) is 13.2. The van der Waals surface area contributed by atoms with Gasteiger partial charge in [0.2, 0.25) is 5.82 Å². The molecule has 8 nitrogen and oxygen atoms in total. The minimum atomic E-state index is -0.445. The molecule has 1 amide bonds. The van der Waals surface area contributed by atoms with Crippen LogP contribution in [0.25, 0.3) is 11.4 Å². The summed E-state index contributed by atoms with van der Waals surface area (Å²) in [5.74, 6) is -0.269. The van der Waals surface area contributed by atoms with Crippen molar-refractivity contribution >= 4 is 12.1 Å². The summed E-state index contributed by atoms with van der Waals surface area (Å²) in [6.45, 7) is -0.0658. The molecule has 0 aliphatic heterocycles. The number of tetrazole rings is 1. The maximum Gasteiger partial charge on any atom is 0.263 e. The Labute approximate surface area is 187 Å². The first-order chi connectivity index (χ1) is 16.1. The second kappa shape index (κ2) is 10.2. The zero-order valence-corrected chi connectivity index (χ0v) is 17.2. The Balaban J connectivity index is 1.25. The molecule has 0 fully saturated rings. The van der Waals surface area contributed by atoms with Gasteiger partial charge in [0.05, 0.1) is 6.21 Å². The lowest BCUT2D eigenvalue weighted by Crippen LogP contribution is -2.24. The molecule has 33 heavy (non-hydrogen) atoms. The van der Waals surface area contributed by atoms with Gasteiger partial charge in [-0.05, 0) is 65.4 Å². The fourth-order valence-electron chi connectivity index (χ4n) is 2.79. The number of hydrogen-bond donors (Lipinski definition) is 1. The molecule has 3 aromatic carbocycles. The van der Waals surface area contributed by atoms with E-state index >= 15 is 0 Å². The Morgan fingerprint density at radius 3 is 2.55 bits per heavy atom. The molecule has 0 radical (unpaired) electrons. The van der Waals surface area contributed by atoms with Crippen LogP contribution in [0, 0.1) is 11.6 Å². The Bertz CT molecular complexity index is 1260. The molecule has 0 spiro atoms. The van der Waals surface area contributed by atoms with Crippen molar-refractivity contribution in [2.24, 2.45) is 5.10 Å². The van der Waals surface area contributed by atoms with Crippen molar-refractivity contribution in [3.8, 4) is 17.1 Å². The summed E-state index contributed by atoms with van der Waals surface area (Å²) in [5, 5.41) is 15.7. The van der Waals surface area contributed by atoms with E-state index in [1.807, 2.05) is 0 Å². The first-order valence-electron chi connectivity index (χ1n) is 9.89. The molecule has 0 bridgehead atoms. The van der Waals surface area contributed by atoms with Crippen LogP contribution in [0.4, 0.5) is 8.78 Å². The zero-order chi connectivity index (χ0) is 23.0. The molecule has 4 aromatic rings. The summed E-state index contributed by atoms with van der Waals surface area (Å²) in [5.41, 5.74) is 4.17. The van der Waals surface area contributed by atoms with E-state index in [1.165, 1.54) is 36.5 Å². The van der Waals surface area contributed by atoms with Crippen LogP contribution in [0.15, 0.2) is 77.9 Å². The third kappa shape index (κ3) is 6.03. The Morgan fingerprint density at radius 1 is 1.03 bits per heavy atom. The number of carbonyl (C=O) groups excluding carboxylic acids is 1. The van der Waals surface area contributed by atoms with Crippen LogP contribution in [0.1, 0.15) is 11.1 Å². The van der Waals surface area contributed by atoms with Gasteiger partial charge < -0.3 is 4.74 Å².